The van der Waals surface area contributed by atoms with Gasteiger partial charge in [0.15, 0.2) is 0 Å². The number of aromatic nitrogens is 1. The summed E-state index contributed by atoms with van der Waals surface area (Å²) in [5.41, 5.74) is 0.952. The molecule has 0 radical (unpaired) electrons. The number of carbonyl (C=O) groups is 1. The van der Waals surface area contributed by atoms with Gasteiger partial charge in [-0.3, -0.25) is 9.78 Å². The fourth-order valence-electron chi connectivity index (χ4n) is 2.54. The first kappa shape index (κ1) is 14.0. The van der Waals surface area contributed by atoms with Crippen molar-refractivity contribution in [2.75, 3.05) is 13.1 Å². The Morgan fingerprint density at radius 2 is 2.16 bits per heavy atom. The van der Waals surface area contributed by atoms with Crippen LogP contribution < -0.4 is 0 Å². The van der Waals surface area contributed by atoms with Gasteiger partial charge in [0.25, 0.3) is 0 Å². The Morgan fingerprint density at radius 1 is 1.47 bits per heavy atom. The van der Waals surface area contributed by atoms with Gasteiger partial charge in [-0.2, -0.15) is 0 Å². The highest BCUT2D eigenvalue weighted by Crippen LogP contribution is 2.32. The molecule has 1 aliphatic rings. The van der Waals surface area contributed by atoms with E-state index in [1.54, 1.807) is 6.20 Å². The zero-order chi connectivity index (χ0) is 13.9. The number of nitrogens with zero attached hydrogens (tertiary/aromatic N) is 2. The summed E-state index contributed by atoms with van der Waals surface area (Å²) in [6.45, 7) is 5.24. The normalized spacial score (nSPS) is 18.4. The van der Waals surface area contributed by atoms with Crippen LogP contribution in [0, 0.1) is 6.92 Å². The molecule has 1 N–H and O–H groups in total. The van der Waals surface area contributed by atoms with Gasteiger partial charge >= 0.3 is 0 Å². The second-order valence-electron chi connectivity index (χ2n) is 5.38. The van der Waals surface area contributed by atoms with Crippen molar-refractivity contribution in [2.45, 2.75) is 45.1 Å². The van der Waals surface area contributed by atoms with Crippen molar-refractivity contribution in [1.29, 1.82) is 0 Å². The Morgan fingerprint density at radius 3 is 2.74 bits per heavy atom. The zero-order valence-corrected chi connectivity index (χ0v) is 11.7. The molecule has 104 valence electrons. The Balaban J connectivity index is 2.04. The van der Waals surface area contributed by atoms with Gasteiger partial charge in [-0.15, -0.1) is 0 Å². The number of likely N-dealkylation sites (tertiary alicyclic amines) is 1. The molecular weight excluding hydrogens is 240 g/mol. The standard InChI is InChI=1S/C15H22N2O2/c1-3-4-14(18)17-9-6-15(19,7-10-17)13-11-12(2)5-8-16-13/h5,8,11,19H,3-4,6-7,9-10H2,1-2H3. The molecule has 1 aliphatic heterocycles. The Bertz CT molecular complexity index is 451. The minimum atomic E-state index is -0.880. The van der Waals surface area contributed by atoms with Gasteiger partial charge in [0.2, 0.25) is 5.91 Å². The molecule has 4 heteroatoms. The van der Waals surface area contributed by atoms with Gasteiger partial charge in [0, 0.05) is 25.7 Å². The predicted octanol–water partition coefficient (Wildman–Crippen LogP) is 2.00. The second-order valence-corrected chi connectivity index (χ2v) is 5.38. The molecule has 2 heterocycles. The number of rotatable bonds is 3. The Hall–Kier alpha value is -1.42. The highest BCUT2D eigenvalue weighted by atomic mass is 16.3. The van der Waals surface area contributed by atoms with Crippen LogP contribution in [-0.2, 0) is 10.4 Å². The molecule has 1 aromatic heterocycles. The number of aryl methyl sites for hydroxylation is 1. The van der Waals surface area contributed by atoms with Gasteiger partial charge < -0.3 is 10.0 Å². The summed E-state index contributed by atoms with van der Waals surface area (Å²) in [5.74, 6) is 0.196. The summed E-state index contributed by atoms with van der Waals surface area (Å²) in [4.78, 5) is 18.0. The highest BCUT2D eigenvalue weighted by molar-refractivity contribution is 5.76. The van der Waals surface area contributed by atoms with E-state index in [4.69, 9.17) is 0 Å². The summed E-state index contributed by atoms with van der Waals surface area (Å²) in [6.07, 6.45) is 4.34. The predicted molar refractivity (Wildman–Crippen MR) is 73.6 cm³/mol. The molecule has 19 heavy (non-hydrogen) atoms. The maximum absolute atomic E-state index is 11.8. The Kier molecular flexibility index (Phi) is 4.20. The summed E-state index contributed by atoms with van der Waals surface area (Å²) in [5, 5.41) is 10.7. The third-order valence-electron chi connectivity index (χ3n) is 3.80. The molecule has 1 saturated heterocycles. The van der Waals surface area contributed by atoms with E-state index in [2.05, 4.69) is 4.98 Å². The molecule has 0 aliphatic carbocycles. The van der Waals surface area contributed by atoms with E-state index >= 15 is 0 Å². The maximum atomic E-state index is 11.8. The van der Waals surface area contributed by atoms with E-state index in [1.807, 2.05) is 30.9 Å². The lowest BCUT2D eigenvalue weighted by molar-refractivity contribution is -0.135. The van der Waals surface area contributed by atoms with Crippen molar-refractivity contribution in [1.82, 2.24) is 9.88 Å². The topological polar surface area (TPSA) is 53.4 Å². The van der Waals surface area contributed by atoms with Crippen LogP contribution in [0.1, 0.15) is 43.9 Å². The van der Waals surface area contributed by atoms with Gasteiger partial charge in [0.1, 0.15) is 5.60 Å². The van der Waals surface area contributed by atoms with Crippen LogP contribution in [0.25, 0.3) is 0 Å². The molecular formula is C15H22N2O2. The van der Waals surface area contributed by atoms with E-state index < -0.39 is 5.60 Å². The molecule has 0 atom stereocenters. The molecule has 4 nitrogen and oxygen atoms in total. The van der Waals surface area contributed by atoms with Crippen molar-refractivity contribution in [3.63, 3.8) is 0 Å². The van der Waals surface area contributed by atoms with Gasteiger partial charge in [-0.05, 0) is 43.9 Å². The zero-order valence-electron chi connectivity index (χ0n) is 11.7. The van der Waals surface area contributed by atoms with E-state index in [9.17, 15) is 9.90 Å². The third kappa shape index (κ3) is 3.13. The van der Waals surface area contributed by atoms with E-state index in [1.165, 1.54) is 0 Å². The summed E-state index contributed by atoms with van der Waals surface area (Å²) in [7, 11) is 0. The van der Waals surface area contributed by atoms with Crippen molar-refractivity contribution in [3.05, 3.63) is 29.6 Å². The lowest BCUT2D eigenvalue weighted by atomic mass is 9.87. The van der Waals surface area contributed by atoms with Crippen LogP contribution >= 0.6 is 0 Å². The number of aliphatic hydroxyl groups is 1. The van der Waals surface area contributed by atoms with E-state index in [0.717, 1.165) is 17.7 Å². The fraction of sp³-hybridized carbons (Fsp3) is 0.600. The largest absolute Gasteiger partial charge is 0.383 e. The summed E-state index contributed by atoms with van der Waals surface area (Å²) >= 11 is 0. The monoisotopic (exact) mass is 262 g/mol. The smallest absolute Gasteiger partial charge is 0.222 e. The lowest BCUT2D eigenvalue weighted by Crippen LogP contribution is -2.45. The number of carbonyl (C=O) groups excluding carboxylic acids is 1. The minimum Gasteiger partial charge on any atom is -0.383 e. The van der Waals surface area contributed by atoms with Crippen molar-refractivity contribution < 1.29 is 9.90 Å². The van der Waals surface area contributed by atoms with Crippen LogP contribution in [-0.4, -0.2) is 34.0 Å². The van der Waals surface area contributed by atoms with Crippen LogP contribution in [0.2, 0.25) is 0 Å². The molecule has 1 fully saturated rings. The second kappa shape index (κ2) is 5.70. The summed E-state index contributed by atoms with van der Waals surface area (Å²) < 4.78 is 0. The van der Waals surface area contributed by atoms with Crippen LogP contribution in [0.4, 0.5) is 0 Å². The molecule has 1 amide bonds. The number of hydrogen-bond donors (Lipinski definition) is 1. The average molecular weight is 262 g/mol. The minimum absolute atomic E-state index is 0.196. The molecule has 0 unspecified atom stereocenters. The quantitative estimate of drug-likeness (QED) is 0.906. The van der Waals surface area contributed by atoms with Crippen LogP contribution in [0.5, 0.6) is 0 Å². The van der Waals surface area contributed by atoms with Crippen molar-refractivity contribution in [2.24, 2.45) is 0 Å². The van der Waals surface area contributed by atoms with Crippen LogP contribution in [0.3, 0.4) is 0 Å². The average Bonchev–Trinajstić information content (AvgIpc) is 2.40. The number of hydrogen-bond acceptors (Lipinski definition) is 3. The molecule has 1 aromatic rings. The maximum Gasteiger partial charge on any atom is 0.222 e. The molecule has 0 aromatic carbocycles. The Labute approximate surface area is 114 Å². The first-order valence-electron chi connectivity index (χ1n) is 6.98. The van der Waals surface area contributed by atoms with Gasteiger partial charge in [-0.1, -0.05) is 6.92 Å². The number of piperidine rings is 1. The van der Waals surface area contributed by atoms with E-state index in [-0.39, 0.29) is 5.91 Å². The molecule has 0 saturated carbocycles. The molecule has 2 rings (SSSR count). The number of amides is 1. The van der Waals surface area contributed by atoms with Crippen LogP contribution in [0.15, 0.2) is 18.3 Å². The molecule has 0 bridgehead atoms. The van der Waals surface area contributed by atoms with E-state index in [0.29, 0.717) is 32.4 Å². The van der Waals surface area contributed by atoms with Gasteiger partial charge in [-0.25, -0.2) is 0 Å². The fourth-order valence-corrected chi connectivity index (χ4v) is 2.54. The lowest BCUT2D eigenvalue weighted by Gasteiger charge is -2.38. The summed E-state index contributed by atoms with van der Waals surface area (Å²) in [6, 6.07) is 3.86. The highest BCUT2D eigenvalue weighted by Gasteiger charge is 2.36. The van der Waals surface area contributed by atoms with Gasteiger partial charge in [0.05, 0.1) is 5.69 Å². The third-order valence-corrected chi connectivity index (χ3v) is 3.80. The van der Waals surface area contributed by atoms with Crippen molar-refractivity contribution in [3.8, 4) is 0 Å². The van der Waals surface area contributed by atoms with Crippen molar-refractivity contribution >= 4 is 5.91 Å². The first-order chi connectivity index (χ1) is 9.05. The first-order valence-corrected chi connectivity index (χ1v) is 6.98. The number of pyridine rings is 1. The molecule has 0 spiro atoms. The SMILES string of the molecule is CCCC(=O)N1CCC(O)(c2cc(C)ccn2)CC1.